The van der Waals surface area contributed by atoms with E-state index in [2.05, 4.69) is 6.92 Å². The molecule has 7 heteroatoms. The van der Waals surface area contributed by atoms with Crippen molar-refractivity contribution in [1.82, 2.24) is 0 Å². The number of rotatable bonds is 19. The molecule has 0 aromatic carbocycles. The second-order valence-corrected chi connectivity index (χ2v) is 8.35. The third kappa shape index (κ3) is 8.63. The zero-order valence-electron chi connectivity index (χ0n) is 19.9. The van der Waals surface area contributed by atoms with Crippen molar-refractivity contribution in [2.45, 2.75) is 116 Å². The Morgan fingerprint density at radius 2 is 1.03 bits per heavy atom. The number of nitrogens with zero attached hydrogens (tertiary/aromatic N) is 1. The first-order chi connectivity index (χ1) is 14.7. The topological polar surface area (TPSA) is 112 Å². The first kappa shape index (κ1) is 29.1. The molecule has 3 N–H and O–H groups in total. The molecule has 0 aliphatic carbocycles. The molecule has 0 aliphatic rings. The highest BCUT2D eigenvalue weighted by Gasteiger charge is 2.55. The zero-order valence-corrected chi connectivity index (χ0v) is 19.9. The molecule has 0 rings (SSSR count). The number of unbranched alkanes of at least 4 members (excludes halogenated alkanes) is 7. The van der Waals surface area contributed by atoms with Crippen LogP contribution in [0.25, 0.3) is 0 Å². The molecule has 0 bridgehead atoms. The summed E-state index contributed by atoms with van der Waals surface area (Å²) in [7, 11) is 0. The molecule has 0 aliphatic heterocycles. The van der Waals surface area contributed by atoms with Gasteiger partial charge in [-0.1, -0.05) is 72.3 Å². The lowest BCUT2D eigenvalue weighted by molar-refractivity contribution is -0.968. The summed E-state index contributed by atoms with van der Waals surface area (Å²) in [5.41, 5.74) is 0. The van der Waals surface area contributed by atoms with Crippen LogP contribution in [0.1, 0.15) is 98.3 Å². The van der Waals surface area contributed by atoms with Crippen LogP contribution in [0.15, 0.2) is 12.2 Å². The Labute approximate surface area is 187 Å². The van der Waals surface area contributed by atoms with Gasteiger partial charge in [0.05, 0.1) is 6.54 Å². The van der Waals surface area contributed by atoms with E-state index >= 15 is 0 Å². The Morgan fingerprint density at radius 1 is 0.645 bits per heavy atom. The molecular formula is C24H44NO6+. The summed E-state index contributed by atoms with van der Waals surface area (Å²) in [6, 6.07) is -3.32. The number of carboxylic acid groups (broad SMARTS) is 3. The van der Waals surface area contributed by atoms with E-state index in [9.17, 15) is 29.7 Å². The standard InChI is InChI=1S/C24H43NO6/c1-5-9-10-11-12-13-14-15-16-17-18-25(19(6-2)22(26)27,20(7-3)23(28)29)21(8-4)24(30)31/h16-17,19-21H,5-15,18H2,1-4H3,(H2-,26,27,28,29,30,31)/p+1/b17-16+. The lowest BCUT2D eigenvalue weighted by Gasteiger charge is -2.49. The van der Waals surface area contributed by atoms with Crippen LogP contribution in [0.3, 0.4) is 0 Å². The van der Waals surface area contributed by atoms with Gasteiger partial charge in [-0.05, 0) is 18.9 Å². The molecule has 0 spiro atoms. The highest BCUT2D eigenvalue weighted by molar-refractivity contribution is 5.78. The van der Waals surface area contributed by atoms with Gasteiger partial charge in [-0.15, -0.1) is 0 Å². The number of carbonyl (C=O) groups is 3. The molecule has 7 nitrogen and oxygen atoms in total. The average molecular weight is 443 g/mol. The van der Waals surface area contributed by atoms with E-state index in [0.717, 1.165) is 19.3 Å². The van der Waals surface area contributed by atoms with Crippen molar-refractivity contribution in [2.75, 3.05) is 6.54 Å². The molecule has 31 heavy (non-hydrogen) atoms. The van der Waals surface area contributed by atoms with Gasteiger partial charge in [0.2, 0.25) is 0 Å². The third-order valence-electron chi connectivity index (χ3n) is 6.32. The minimum absolute atomic E-state index is 0.0803. The highest BCUT2D eigenvalue weighted by atomic mass is 16.4. The van der Waals surface area contributed by atoms with Gasteiger partial charge in [0.1, 0.15) is 0 Å². The molecule has 0 fully saturated rings. The Morgan fingerprint density at radius 3 is 1.39 bits per heavy atom. The quantitative estimate of drug-likeness (QED) is 0.146. The summed E-state index contributed by atoms with van der Waals surface area (Å²) in [6.45, 7) is 7.31. The second kappa shape index (κ2) is 15.8. The van der Waals surface area contributed by atoms with Crippen molar-refractivity contribution >= 4 is 17.9 Å². The molecule has 0 radical (unpaired) electrons. The average Bonchev–Trinajstić information content (AvgIpc) is 2.69. The van der Waals surface area contributed by atoms with E-state index in [1.165, 1.54) is 32.1 Å². The largest absolute Gasteiger partial charge is 0.477 e. The van der Waals surface area contributed by atoms with Crippen LogP contribution in [0.4, 0.5) is 0 Å². The van der Waals surface area contributed by atoms with Gasteiger partial charge < -0.3 is 15.3 Å². The van der Waals surface area contributed by atoms with E-state index in [-0.39, 0.29) is 25.8 Å². The minimum Gasteiger partial charge on any atom is -0.477 e. The van der Waals surface area contributed by atoms with Gasteiger partial charge >= 0.3 is 17.9 Å². The summed E-state index contributed by atoms with van der Waals surface area (Å²) in [5, 5.41) is 29.7. The number of hydrogen-bond acceptors (Lipinski definition) is 3. The molecule has 0 saturated heterocycles. The van der Waals surface area contributed by atoms with Crippen molar-refractivity contribution in [1.29, 1.82) is 0 Å². The maximum absolute atomic E-state index is 12.1. The monoisotopic (exact) mass is 442 g/mol. The Bertz CT molecular complexity index is 519. The van der Waals surface area contributed by atoms with Crippen molar-refractivity contribution in [2.24, 2.45) is 0 Å². The smallest absolute Gasteiger partial charge is 0.362 e. The highest BCUT2D eigenvalue weighted by Crippen LogP contribution is 2.31. The van der Waals surface area contributed by atoms with Crippen LogP contribution < -0.4 is 0 Å². The van der Waals surface area contributed by atoms with Crippen LogP contribution in [0, 0.1) is 0 Å². The fraction of sp³-hybridized carbons (Fsp3) is 0.792. The molecule has 180 valence electrons. The minimum atomic E-state index is -1.15. The van der Waals surface area contributed by atoms with Crippen molar-refractivity contribution in [3.8, 4) is 0 Å². The van der Waals surface area contributed by atoms with Gasteiger partial charge in [-0.25, -0.2) is 14.4 Å². The van der Waals surface area contributed by atoms with Crippen molar-refractivity contribution in [3.05, 3.63) is 12.2 Å². The molecule has 3 atom stereocenters. The van der Waals surface area contributed by atoms with Crippen LogP contribution in [0.2, 0.25) is 0 Å². The van der Waals surface area contributed by atoms with E-state index in [0.29, 0.717) is 0 Å². The van der Waals surface area contributed by atoms with Gasteiger partial charge in [0.15, 0.2) is 18.1 Å². The maximum Gasteiger partial charge on any atom is 0.362 e. The summed E-state index contributed by atoms with van der Waals surface area (Å²) in [6.07, 6.45) is 13.4. The van der Waals surface area contributed by atoms with Gasteiger partial charge in [-0.3, -0.25) is 4.48 Å². The number of hydrogen-bond donors (Lipinski definition) is 3. The van der Waals surface area contributed by atoms with Crippen LogP contribution in [-0.2, 0) is 14.4 Å². The molecule has 0 heterocycles. The molecule has 0 aromatic heterocycles. The Balaban J connectivity index is 5.62. The summed E-state index contributed by atoms with van der Waals surface area (Å²) in [5.74, 6) is -3.45. The first-order valence-electron chi connectivity index (χ1n) is 11.9. The number of allylic oxidation sites excluding steroid dienone is 1. The number of carboxylic acids is 3. The summed E-state index contributed by atoms with van der Waals surface area (Å²) in [4.78, 5) is 36.4. The fourth-order valence-corrected chi connectivity index (χ4v) is 4.79. The summed E-state index contributed by atoms with van der Waals surface area (Å²) < 4.78 is -0.489. The van der Waals surface area contributed by atoms with E-state index < -0.39 is 40.5 Å². The molecule has 0 saturated carbocycles. The van der Waals surface area contributed by atoms with E-state index in [1.54, 1.807) is 26.8 Å². The lowest BCUT2D eigenvalue weighted by atomic mass is 9.94. The fourth-order valence-electron chi connectivity index (χ4n) is 4.79. The number of quaternary nitrogens is 1. The molecule has 3 unspecified atom stereocenters. The van der Waals surface area contributed by atoms with Crippen LogP contribution in [-0.4, -0.2) is 62.4 Å². The van der Waals surface area contributed by atoms with Crippen LogP contribution in [0.5, 0.6) is 0 Å². The normalized spacial score (nSPS) is 16.5. The predicted molar refractivity (Wildman–Crippen MR) is 122 cm³/mol. The van der Waals surface area contributed by atoms with Crippen molar-refractivity contribution in [3.63, 3.8) is 0 Å². The van der Waals surface area contributed by atoms with Gasteiger partial charge in [0.25, 0.3) is 0 Å². The molecular weight excluding hydrogens is 398 g/mol. The SMILES string of the molecule is CCCCCCCCC/C=C/C[N+](C(CC)C(=O)O)(C(CC)C(=O)O)C(CC)C(=O)O. The Kier molecular flexibility index (Phi) is 14.9. The van der Waals surface area contributed by atoms with Crippen molar-refractivity contribution < 1.29 is 34.2 Å². The molecule has 0 aromatic rings. The van der Waals surface area contributed by atoms with E-state index in [1.807, 2.05) is 6.08 Å². The van der Waals surface area contributed by atoms with E-state index in [4.69, 9.17) is 0 Å². The Hall–Kier alpha value is -1.89. The lowest BCUT2D eigenvalue weighted by Crippen LogP contribution is -2.72. The third-order valence-corrected chi connectivity index (χ3v) is 6.32. The molecule has 0 amide bonds. The first-order valence-corrected chi connectivity index (χ1v) is 11.9. The van der Waals surface area contributed by atoms with Crippen LogP contribution >= 0.6 is 0 Å². The number of aliphatic carboxylic acids is 3. The van der Waals surface area contributed by atoms with Gasteiger partial charge in [0, 0.05) is 19.3 Å². The van der Waals surface area contributed by atoms with Gasteiger partial charge in [-0.2, -0.15) is 0 Å². The maximum atomic E-state index is 12.1. The second-order valence-electron chi connectivity index (χ2n) is 8.35. The zero-order chi connectivity index (χ0) is 23.9. The predicted octanol–water partition coefficient (Wildman–Crippen LogP) is 5.09. The summed E-state index contributed by atoms with van der Waals surface area (Å²) >= 11 is 0.